The molecular formula is C5H6NO2RbS. The van der Waals surface area contributed by atoms with Crippen LogP contribution in [-0.2, 0) is 22.2 Å². The molecule has 1 unspecified atom stereocenters. The monoisotopic (exact) mass is 229 g/mol. The van der Waals surface area contributed by atoms with Crippen LogP contribution in [0.15, 0.2) is 0 Å². The third-order valence-electron chi connectivity index (χ3n) is 1.34. The van der Waals surface area contributed by atoms with Gasteiger partial charge in [0, 0.05) is 13.5 Å². The molecule has 2 amide bonds. The van der Waals surface area contributed by atoms with Gasteiger partial charge in [0.05, 0.1) is 0 Å². The minimum absolute atomic E-state index is 0. The van der Waals surface area contributed by atoms with Gasteiger partial charge in [-0.3, -0.25) is 14.5 Å². The quantitative estimate of drug-likeness (QED) is 0.317. The van der Waals surface area contributed by atoms with Crippen molar-refractivity contribution in [3.8, 4) is 0 Å². The Morgan fingerprint density at radius 3 is 2.20 bits per heavy atom. The van der Waals surface area contributed by atoms with E-state index >= 15 is 0 Å². The molecule has 1 atom stereocenters. The molecule has 3 nitrogen and oxygen atoms in total. The van der Waals surface area contributed by atoms with Crippen molar-refractivity contribution in [3.63, 3.8) is 0 Å². The van der Waals surface area contributed by atoms with Crippen LogP contribution in [0.4, 0.5) is 0 Å². The molecule has 1 fully saturated rings. The standard InChI is InChI=1S/C5H7NO2S.Rb/c1-6-4(7)2-3(9)5(6)8;/h3,9H,2H2,1H3;/q;+1/p-1. The summed E-state index contributed by atoms with van der Waals surface area (Å²) in [6, 6.07) is 0. The molecule has 1 rings (SSSR count). The van der Waals surface area contributed by atoms with E-state index in [2.05, 4.69) is 12.6 Å². The predicted octanol–water partition coefficient (Wildman–Crippen LogP) is -3.71. The van der Waals surface area contributed by atoms with Crippen LogP contribution in [0.5, 0.6) is 0 Å². The maximum absolute atomic E-state index is 10.7. The first-order chi connectivity index (χ1) is 4.13. The Bertz CT molecular complexity index is 173. The fourth-order valence-electron chi connectivity index (χ4n) is 0.722. The molecule has 0 aliphatic carbocycles. The third kappa shape index (κ3) is 2.14. The van der Waals surface area contributed by atoms with E-state index in [0.29, 0.717) is 0 Å². The molecular weight excluding hydrogens is 224 g/mol. The summed E-state index contributed by atoms with van der Waals surface area (Å²) in [5, 5.41) is -0.512. The van der Waals surface area contributed by atoms with Crippen LogP contribution in [0, 0.1) is 0 Å². The fraction of sp³-hybridized carbons (Fsp3) is 0.600. The number of hydrogen-bond acceptors (Lipinski definition) is 3. The average molecular weight is 230 g/mol. The molecule has 0 spiro atoms. The van der Waals surface area contributed by atoms with Crippen molar-refractivity contribution in [2.45, 2.75) is 11.7 Å². The van der Waals surface area contributed by atoms with E-state index in [4.69, 9.17) is 0 Å². The van der Waals surface area contributed by atoms with Crippen molar-refractivity contribution in [2.75, 3.05) is 7.05 Å². The van der Waals surface area contributed by atoms with Crippen LogP contribution >= 0.6 is 0 Å². The molecule has 1 heterocycles. The number of rotatable bonds is 0. The Morgan fingerprint density at radius 2 is 2.10 bits per heavy atom. The van der Waals surface area contributed by atoms with Crippen molar-refractivity contribution in [1.29, 1.82) is 0 Å². The van der Waals surface area contributed by atoms with Gasteiger partial charge in [0.25, 0.3) is 0 Å². The Hall–Kier alpha value is 1.30. The number of hydrogen-bond donors (Lipinski definition) is 0. The number of carbonyl (C=O) groups is 2. The van der Waals surface area contributed by atoms with E-state index in [1.165, 1.54) is 7.05 Å². The normalized spacial score (nSPS) is 25.0. The first kappa shape index (κ1) is 11.3. The van der Waals surface area contributed by atoms with Crippen molar-refractivity contribution in [3.05, 3.63) is 0 Å². The summed E-state index contributed by atoms with van der Waals surface area (Å²) < 4.78 is 0. The summed E-state index contributed by atoms with van der Waals surface area (Å²) in [5.74, 6) is -0.407. The Morgan fingerprint density at radius 1 is 1.60 bits per heavy atom. The number of carbonyl (C=O) groups excluding carboxylic acids is 2. The fourth-order valence-corrected chi connectivity index (χ4v) is 1.02. The summed E-state index contributed by atoms with van der Waals surface area (Å²) in [5.41, 5.74) is 0. The molecule has 0 aromatic rings. The van der Waals surface area contributed by atoms with Gasteiger partial charge in [-0.15, -0.1) is 0 Å². The van der Waals surface area contributed by atoms with Gasteiger partial charge in [-0.25, -0.2) is 0 Å². The van der Waals surface area contributed by atoms with Crippen LogP contribution < -0.4 is 58.2 Å². The molecule has 0 saturated carbocycles. The molecule has 1 aliphatic heterocycles. The Balaban J connectivity index is 0.000000810. The van der Waals surface area contributed by atoms with Crippen molar-refractivity contribution in [2.24, 2.45) is 0 Å². The van der Waals surface area contributed by atoms with E-state index in [1.54, 1.807) is 0 Å². The predicted molar refractivity (Wildman–Crippen MR) is 33.5 cm³/mol. The van der Waals surface area contributed by atoms with Crippen molar-refractivity contribution in [1.82, 2.24) is 4.90 Å². The minimum atomic E-state index is -0.512. The van der Waals surface area contributed by atoms with Gasteiger partial charge in [-0.1, -0.05) is 5.25 Å². The second kappa shape index (κ2) is 4.35. The van der Waals surface area contributed by atoms with E-state index in [-0.39, 0.29) is 76.4 Å². The van der Waals surface area contributed by atoms with Gasteiger partial charge in [-0.2, -0.15) is 0 Å². The molecule has 10 heavy (non-hydrogen) atoms. The molecule has 0 radical (unpaired) electrons. The molecule has 0 aromatic carbocycles. The van der Waals surface area contributed by atoms with Gasteiger partial charge in [0.15, 0.2) is 0 Å². The van der Waals surface area contributed by atoms with Gasteiger partial charge >= 0.3 is 58.2 Å². The smallest absolute Gasteiger partial charge is 0.779 e. The van der Waals surface area contributed by atoms with E-state index in [1.807, 2.05) is 0 Å². The largest absolute Gasteiger partial charge is 1.00 e. The molecule has 50 valence electrons. The maximum Gasteiger partial charge on any atom is 1.00 e. The zero-order valence-electron chi connectivity index (χ0n) is 5.96. The maximum atomic E-state index is 10.7. The summed E-state index contributed by atoms with van der Waals surface area (Å²) in [6.07, 6.45) is 0.199. The van der Waals surface area contributed by atoms with Crippen LogP contribution in [-0.4, -0.2) is 29.0 Å². The van der Waals surface area contributed by atoms with Crippen LogP contribution in [0.25, 0.3) is 0 Å². The van der Waals surface area contributed by atoms with Gasteiger partial charge < -0.3 is 12.6 Å². The van der Waals surface area contributed by atoms with E-state index in [0.717, 1.165) is 4.90 Å². The molecule has 5 heteroatoms. The number of likely N-dealkylation sites (tertiary alicyclic amines) is 1. The topological polar surface area (TPSA) is 37.4 Å². The molecule has 0 N–H and O–H groups in total. The van der Waals surface area contributed by atoms with Gasteiger partial charge in [-0.05, 0) is 0 Å². The van der Waals surface area contributed by atoms with Crippen LogP contribution in [0.3, 0.4) is 0 Å². The van der Waals surface area contributed by atoms with Crippen molar-refractivity contribution < 1.29 is 67.8 Å². The molecule has 1 aliphatic rings. The minimum Gasteiger partial charge on any atom is -0.779 e. The first-order valence-corrected chi connectivity index (χ1v) is 3.06. The summed E-state index contributed by atoms with van der Waals surface area (Å²) in [4.78, 5) is 22.4. The van der Waals surface area contributed by atoms with Crippen LogP contribution in [0.1, 0.15) is 6.42 Å². The third-order valence-corrected chi connectivity index (χ3v) is 1.71. The Kier molecular flexibility index (Phi) is 4.92. The SMILES string of the molecule is CN1C(=O)CC([S-])C1=O.[Rb+]. The van der Waals surface area contributed by atoms with E-state index in [9.17, 15) is 9.59 Å². The molecule has 0 aromatic heterocycles. The summed E-state index contributed by atoms with van der Waals surface area (Å²) >= 11 is 4.67. The number of imide groups is 1. The van der Waals surface area contributed by atoms with E-state index < -0.39 is 5.25 Å². The zero-order chi connectivity index (χ0) is 7.02. The molecule has 1 saturated heterocycles. The zero-order valence-corrected chi connectivity index (χ0v) is 11.7. The van der Waals surface area contributed by atoms with Crippen molar-refractivity contribution >= 4 is 24.4 Å². The van der Waals surface area contributed by atoms with Gasteiger partial charge in [0.2, 0.25) is 11.8 Å². The first-order valence-electron chi connectivity index (χ1n) is 2.59. The average Bonchev–Trinajstić information content (AvgIpc) is 1.98. The summed E-state index contributed by atoms with van der Waals surface area (Å²) in [6.45, 7) is 0. The number of amides is 2. The second-order valence-corrected chi connectivity index (χ2v) is 2.55. The number of nitrogens with zero attached hydrogens (tertiary/aromatic N) is 1. The van der Waals surface area contributed by atoms with Crippen LogP contribution in [0.2, 0.25) is 0 Å². The van der Waals surface area contributed by atoms with Gasteiger partial charge in [0.1, 0.15) is 0 Å². The molecule has 0 bridgehead atoms. The summed E-state index contributed by atoms with van der Waals surface area (Å²) in [7, 11) is 1.46. The Labute approximate surface area is 114 Å². The second-order valence-electron chi connectivity index (χ2n) is 1.98.